The number of methoxy groups -OCH3 is 1. The molecule has 1 N–H and O–H groups in total. The first-order valence-electron chi connectivity index (χ1n) is 10.8. The Morgan fingerprint density at radius 3 is 2.82 bits per heavy atom. The van der Waals surface area contributed by atoms with E-state index in [0.717, 1.165) is 22.7 Å². The number of morpholine rings is 1. The van der Waals surface area contributed by atoms with Gasteiger partial charge in [0.05, 0.1) is 44.4 Å². The normalized spacial score (nSPS) is 16.0. The first-order chi connectivity index (χ1) is 16.1. The molecule has 1 unspecified atom stereocenters. The average molecular weight is 449 g/mol. The smallest absolute Gasteiger partial charge is 0.236 e. The van der Waals surface area contributed by atoms with Gasteiger partial charge in [-0.1, -0.05) is 12.1 Å². The second-order valence-corrected chi connectivity index (χ2v) is 7.89. The van der Waals surface area contributed by atoms with Crippen LogP contribution in [-0.4, -0.2) is 71.1 Å². The minimum absolute atomic E-state index is 0.0770. The molecule has 1 aromatic carbocycles. The summed E-state index contributed by atoms with van der Waals surface area (Å²) >= 11 is 0. The van der Waals surface area contributed by atoms with Crippen LogP contribution in [0.2, 0.25) is 0 Å². The molecule has 4 rings (SSSR count). The van der Waals surface area contributed by atoms with Crippen molar-refractivity contribution >= 4 is 17.5 Å². The fourth-order valence-corrected chi connectivity index (χ4v) is 3.69. The molecule has 3 heterocycles. The number of anilines is 2. The van der Waals surface area contributed by atoms with Gasteiger partial charge in [0.15, 0.2) is 0 Å². The third-order valence-corrected chi connectivity index (χ3v) is 5.35. The summed E-state index contributed by atoms with van der Waals surface area (Å²) in [6, 6.07) is 13.5. The lowest BCUT2D eigenvalue weighted by Crippen LogP contribution is -2.46. The van der Waals surface area contributed by atoms with Gasteiger partial charge in [0, 0.05) is 25.5 Å². The quantitative estimate of drug-likeness (QED) is 0.562. The zero-order chi connectivity index (χ0) is 23.0. The number of hydrogen-bond acceptors (Lipinski definition) is 8. The standard InChI is InChI=1S/C24H28N6O3/c1-29(15-18-5-3-6-20(13-18)32-2)17-23(31)30-11-12-33-22(16-30)21-8-7-19(14-27-21)28-24-25-9-4-10-26-24/h3-10,13-14,22H,11-12,15-17H2,1-2H3,(H,25,26,28). The van der Waals surface area contributed by atoms with E-state index in [1.807, 2.05) is 53.2 Å². The molecule has 172 valence electrons. The molecule has 1 fully saturated rings. The van der Waals surface area contributed by atoms with E-state index in [4.69, 9.17) is 9.47 Å². The summed E-state index contributed by atoms with van der Waals surface area (Å²) in [4.78, 5) is 29.6. The molecular weight excluding hydrogens is 420 g/mol. The van der Waals surface area contributed by atoms with Crippen LogP contribution in [0.1, 0.15) is 17.4 Å². The number of nitrogens with zero attached hydrogens (tertiary/aromatic N) is 5. The molecule has 33 heavy (non-hydrogen) atoms. The van der Waals surface area contributed by atoms with Crippen LogP contribution in [0.15, 0.2) is 61.1 Å². The van der Waals surface area contributed by atoms with Gasteiger partial charge in [0.2, 0.25) is 11.9 Å². The van der Waals surface area contributed by atoms with E-state index in [1.54, 1.807) is 31.8 Å². The minimum Gasteiger partial charge on any atom is -0.497 e. The number of amides is 1. The maximum atomic E-state index is 12.9. The zero-order valence-corrected chi connectivity index (χ0v) is 18.8. The van der Waals surface area contributed by atoms with Crippen molar-refractivity contribution in [3.05, 3.63) is 72.3 Å². The first kappa shape index (κ1) is 22.6. The lowest BCUT2D eigenvalue weighted by Gasteiger charge is -2.33. The van der Waals surface area contributed by atoms with Gasteiger partial charge in [-0.15, -0.1) is 0 Å². The summed E-state index contributed by atoms with van der Waals surface area (Å²) in [6.45, 7) is 2.53. The lowest BCUT2D eigenvalue weighted by molar-refractivity contribution is -0.140. The molecule has 1 saturated heterocycles. The predicted octanol–water partition coefficient (Wildman–Crippen LogP) is 2.66. The molecule has 0 bridgehead atoms. The van der Waals surface area contributed by atoms with Gasteiger partial charge in [-0.05, 0) is 42.9 Å². The molecule has 0 saturated carbocycles. The van der Waals surface area contributed by atoms with E-state index in [0.29, 0.717) is 38.7 Å². The average Bonchev–Trinajstić information content (AvgIpc) is 2.85. The number of ether oxygens (including phenoxy) is 2. The van der Waals surface area contributed by atoms with Crippen molar-refractivity contribution in [1.29, 1.82) is 0 Å². The second kappa shape index (κ2) is 10.8. The summed E-state index contributed by atoms with van der Waals surface area (Å²) in [6.07, 6.45) is 4.81. The van der Waals surface area contributed by atoms with Crippen LogP contribution in [0.4, 0.5) is 11.6 Å². The topological polar surface area (TPSA) is 92.7 Å². The third-order valence-electron chi connectivity index (χ3n) is 5.35. The van der Waals surface area contributed by atoms with Gasteiger partial charge in [-0.2, -0.15) is 0 Å². The van der Waals surface area contributed by atoms with Crippen LogP contribution < -0.4 is 10.1 Å². The van der Waals surface area contributed by atoms with Gasteiger partial charge in [-0.25, -0.2) is 9.97 Å². The summed E-state index contributed by atoms with van der Waals surface area (Å²) < 4.78 is 11.2. The predicted molar refractivity (Wildman–Crippen MR) is 124 cm³/mol. The second-order valence-electron chi connectivity index (χ2n) is 7.89. The van der Waals surface area contributed by atoms with Crippen LogP contribution in [0, 0.1) is 0 Å². The molecule has 0 radical (unpaired) electrons. The Kier molecular flexibility index (Phi) is 7.43. The van der Waals surface area contributed by atoms with Gasteiger partial charge < -0.3 is 19.7 Å². The van der Waals surface area contributed by atoms with Gasteiger partial charge in [0.25, 0.3) is 0 Å². The monoisotopic (exact) mass is 448 g/mol. The Balaban J connectivity index is 1.31. The Labute approximate surface area is 193 Å². The van der Waals surface area contributed by atoms with E-state index in [2.05, 4.69) is 20.3 Å². The van der Waals surface area contributed by atoms with Crippen LogP contribution in [0.5, 0.6) is 5.75 Å². The van der Waals surface area contributed by atoms with Gasteiger partial charge in [0.1, 0.15) is 11.9 Å². The van der Waals surface area contributed by atoms with Crippen molar-refractivity contribution < 1.29 is 14.3 Å². The fraction of sp³-hybridized carbons (Fsp3) is 0.333. The van der Waals surface area contributed by atoms with E-state index >= 15 is 0 Å². The third kappa shape index (κ3) is 6.24. The first-order valence-corrected chi connectivity index (χ1v) is 10.8. The van der Waals surface area contributed by atoms with Crippen molar-refractivity contribution in [2.24, 2.45) is 0 Å². The largest absolute Gasteiger partial charge is 0.497 e. The fourth-order valence-electron chi connectivity index (χ4n) is 3.69. The number of carbonyl (C=O) groups is 1. The van der Waals surface area contributed by atoms with Crippen molar-refractivity contribution in [2.75, 3.05) is 45.7 Å². The highest BCUT2D eigenvalue weighted by Gasteiger charge is 2.26. The minimum atomic E-state index is -0.256. The van der Waals surface area contributed by atoms with Crippen LogP contribution in [0.3, 0.4) is 0 Å². The number of rotatable bonds is 8. The molecular formula is C24H28N6O3. The van der Waals surface area contributed by atoms with Crippen molar-refractivity contribution in [3.8, 4) is 5.75 Å². The van der Waals surface area contributed by atoms with Gasteiger partial charge in [-0.3, -0.25) is 14.7 Å². The molecule has 0 spiro atoms. The number of carbonyl (C=O) groups excluding carboxylic acids is 1. The molecule has 1 amide bonds. The van der Waals surface area contributed by atoms with Crippen molar-refractivity contribution in [2.45, 2.75) is 12.6 Å². The molecule has 2 aromatic heterocycles. The molecule has 3 aromatic rings. The molecule has 1 aliphatic rings. The van der Waals surface area contributed by atoms with Crippen LogP contribution in [-0.2, 0) is 16.1 Å². The Morgan fingerprint density at radius 2 is 2.06 bits per heavy atom. The van der Waals surface area contributed by atoms with Crippen LogP contribution in [0.25, 0.3) is 0 Å². The zero-order valence-electron chi connectivity index (χ0n) is 18.8. The van der Waals surface area contributed by atoms with Crippen molar-refractivity contribution in [1.82, 2.24) is 24.8 Å². The van der Waals surface area contributed by atoms with Gasteiger partial charge >= 0.3 is 0 Å². The number of likely N-dealkylation sites (N-methyl/N-ethyl adjacent to an activating group) is 1. The number of nitrogens with one attached hydrogen (secondary N) is 1. The highest BCUT2D eigenvalue weighted by atomic mass is 16.5. The highest BCUT2D eigenvalue weighted by Crippen LogP contribution is 2.22. The SMILES string of the molecule is COc1cccc(CN(C)CC(=O)N2CCOC(c3ccc(Nc4ncccn4)cn3)C2)c1. The maximum Gasteiger partial charge on any atom is 0.236 e. The van der Waals surface area contributed by atoms with E-state index < -0.39 is 0 Å². The number of pyridine rings is 1. The lowest BCUT2D eigenvalue weighted by atomic mass is 10.1. The Morgan fingerprint density at radius 1 is 1.21 bits per heavy atom. The molecule has 1 aliphatic heterocycles. The highest BCUT2D eigenvalue weighted by molar-refractivity contribution is 5.78. The van der Waals surface area contributed by atoms with E-state index in [1.165, 1.54) is 0 Å². The molecule has 1 atom stereocenters. The summed E-state index contributed by atoms with van der Waals surface area (Å²) in [5, 5.41) is 3.11. The molecule has 9 nitrogen and oxygen atoms in total. The summed E-state index contributed by atoms with van der Waals surface area (Å²) in [7, 11) is 3.59. The van der Waals surface area contributed by atoms with Crippen LogP contribution >= 0.6 is 0 Å². The molecule has 0 aliphatic carbocycles. The number of aromatic nitrogens is 3. The van der Waals surface area contributed by atoms with Crippen molar-refractivity contribution in [3.63, 3.8) is 0 Å². The number of hydrogen-bond donors (Lipinski definition) is 1. The Bertz CT molecular complexity index is 1050. The molecule has 9 heteroatoms. The maximum absolute atomic E-state index is 12.9. The summed E-state index contributed by atoms with van der Waals surface area (Å²) in [5.41, 5.74) is 2.67. The summed E-state index contributed by atoms with van der Waals surface area (Å²) in [5.74, 6) is 1.40. The number of benzene rings is 1. The van der Waals surface area contributed by atoms with E-state index in [9.17, 15) is 4.79 Å². The Hall–Kier alpha value is -3.56. The van der Waals surface area contributed by atoms with E-state index in [-0.39, 0.29) is 12.0 Å².